The number of carbonyl (C=O) groups is 3. The molecule has 1 amide bonds. The van der Waals surface area contributed by atoms with Gasteiger partial charge in [-0.15, -0.1) is 0 Å². The van der Waals surface area contributed by atoms with E-state index in [0.717, 1.165) is 0 Å². The molecule has 0 aromatic heterocycles. The number of phosphoric acid groups is 1. The number of ketones is 1. The Morgan fingerprint density at radius 1 is 1.41 bits per heavy atom. The van der Waals surface area contributed by atoms with Gasteiger partial charge in [-0.05, 0) is 32.8 Å². The molecule has 3 rings (SSSR count). The van der Waals surface area contributed by atoms with Crippen molar-refractivity contribution in [2.24, 2.45) is 17.1 Å². The molecule has 0 aliphatic carbocycles. The Bertz CT molecular complexity index is 854. The van der Waals surface area contributed by atoms with Crippen LogP contribution in [0.1, 0.15) is 41.0 Å². The average Bonchev–Trinajstić information content (AvgIpc) is 2.95. The van der Waals surface area contributed by atoms with Crippen LogP contribution in [0.4, 0.5) is 0 Å². The summed E-state index contributed by atoms with van der Waals surface area (Å²) in [4.78, 5) is 37.3. The van der Waals surface area contributed by atoms with Crippen LogP contribution in [0.25, 0.3) is 0 Å². The Morgan fingerprint density at radius 2 is 2.09 bits per heavy atom. The van der Waals surface area contributed by atoms with Crippen LogP contribution in [0, 0.1) is 11.3 Å². The molecule has 0 aromatic carbocycles. The number of phosphoric ester groups is 1. The fourth-order valence-corrected chi connectivity index (χ4v) is 5.14. The minimum atomic E-state index is -4.07. The van der Waals surface area contributed by atoms with Crippen LogP contribution in [0.5, 0.6) is 0 Å². The third kappa shape index (κ3) is 5.13. The van der Waals surface area contributed by atoms with E-state index in [0.29, 0.717) is 0 Å². The molecule has 2 saturated heterocycles. The van der Waals surface area contributed by atoms with Gasteiger partial charge in [-0.25, -0.2) is 4.57 Å². The number of fused-ring (bicyclic) bond motifs is 1. The quantitative estimate of drug-likeness (QED) is 0.327. The maximum Gasteiger partial charge on any atom is 0.475 e. The van der Waals surface area contributed by atoms with Gasteiger partial charge in [0.25, 0.3) is 0 Å². The Kier molecular flexibility index (Phi) is 7.01. The molecule has 3 aliphatic rings. The van der Waals surface area contributed by atoms with E-state index >= 15 is 0 Å². The van der Waals surface area contributed by atoms with Crippen molar-refractivity contribution in [2.75, 3.05) is 19.8 Å². The number of carbonyl (C=O) groups excluding carboxylic acids is 3. The minimum Gasteiger partial charge on any atom is -0.465 e. The molecule has 2 N–H and O–H groups in total. The van der Waals surface area contributed by atoms with E-state index in [4.69, 9.17) is 28.8 Å². The Hall–Kier alpha value is -1.62. The molecule has 180 valence electrons. The van der Waals surface area contributed by atoms with E-state index < -0.39 is 49.1 Å². The predicted molar refractivity (Wildman–Crippen MR) is 111 cm³/mol. The van der Waals surface area contributed by atoms with Crippen molar-refractivity contribution in [3.05, 3.63) is 12.3 Å². The Morgan fingerprint density at radius 3 is 2.72 bits per heavy atom. The number of ether oxygens (including phenoxy) is 2. The van der Waals surface area contributed by atoms with Crippen molar-refractivity contribution in [2.45, 2.75) is 65.0 Å². The first-order valence-electron chi connectivity index (χ1n) is 10.5. The number of hydrogen-bond acceptors (Lipinski definition) is 10. The minimum absolute atomic E-state index is 0.145. The van der Waals surface area contributed by atoms with Crippen molar-refractivity contribution >= 4 is 25.5 Å². The standard InChI is InChI=1S/C20H31N2O9P/c1-12(2)9-27-18(25)19(3,4)11-29-32(26)28-10-14-16(31-32)20(5,21)17(30-14)22-7-6-13(23)8-15(22)24/h6-7,12,14,16-17H,8-11,21H2,1-5H3/t14-,16-,17-,20-,32-/m1/s1. The molecule has 32 heavy (non-hydrogen) atoms. The normalized spacial score (nSPS) is 35.3. The number of allylic oxidation sites excluding steroid dienone is 1. The SMILES string of the molecule is CC(C)COC(=O)C(C)(C)CO[P@@]1(=O)OC[C@H]2O[C@@H](N3C=CC(=O)CC3=O)[C@](C)(N)[C@@H]2O1. The van der Waals surface area contributed by atoms with Gasteiger partial charge in [0.2, 0.25) is 5.91 Å². The first-order chi connectivity index (χ1) is 14.7. The van der Waals surface area contributed by atoms with Gasteiger partial charge in [0.1, 0.15) is 12.2 Å². The summed E-state index contributed by atoms with van der Waals surface area (Å²) in [5, 5.41) is 0. The van der Waals surface area contributed by atoms with Crippen molar-refractivity contribution in [3.8, 4) is 0 Å². The summed E-state index contributed by atoms with van der Waals surface area (Å²) in [6.45, 7) is 8.49. The lowest BCUT2D eigenvalue weighted by Gasteiger charge is -2.38. The molecule has 0 unspecified atom stereocenters. The molecule has 0 spiro atoms. The van der Waals surface area contributed by atoms with Crippen molar-refractivity contribution in [1.82, 2.24) is 4.90 Å². The Labute approximate surface area is 187 Å². The lowest BCUT2D eigenvalue weighted by atomic mass is 9.92. The van der Waals surface area contributed by atoms with E-state index in [2.05, 4.69) is 0 Å². The van der Waals surface area contributed by atoms with Crippen LogP contribution in [-0.2, 0) is 42.0 Å². The van der Waals surface area contributed by atoms with Crippen molar-refractivity contribution in [1.29, 1.82) is 0 Å². The van der Waals surface area contributed by atoms with Crippen LogP contribution < -0.4 is 5.73 Å². The van der Waals surface area contributed by atoms with E-state index in [1.54, 1.807) is 20.8 Å². The predicted octanol–water partition coefficient (Wildman–Crippen LogP) is 1.51. The summed E-state index contributed by atoms with van der Waals surface area (Å²) in [5.74, 6) is -1.09. The van der Waals surface area contributed by atoms with Gasteiger partial charge in [0, 0.05) is 6.20 Å². The van der Waals surface area contributed by atoms with Crippen LogP contribution in [0.3, 0.4) is 0 Å². The van der Waals surface area contributed by atoms with Gasteiger partial charge < -0.3 is 15.2 Å². The second-order valence-electron chi connectivity index (χ2n) is 9.57. The molecular formula is C20H31N2O9P. The zero-order valence-corrected chi connectivity index (χ0v) is 19.8. The van der Waals surface area contributed by atoms with Gasteiger partial charge in [-0.2, -0.15) is 0 Å². The number of hydrogen-bond donors (Lipinski definition) is 1. The fraction of sp³-hybridized carbons (Fsp3) is 0.750. The highest BCUT2D eigenvalue weighted by molar-refractivity contribution is 7.48. The number of amides is 1. The topological polar surface area (TPSA) is 144 Å². The largest absolute Gasteiger partial charge is 0.475 e. The maximum atomic E-state index is 13.1. The summed E-state index contributed by atoms with van der Waals surface area (Å²) in [6, 6.07) is 0. The third-order valence-corrected chi connectivity index (χ3v) is 6.79. The summed E-state index contributed by atoms with van der Waals surface area (Å²) in [7, 11) is -4.07. The zero-order valence-electron chi connectivity index (χ0n) is 18.9. The first-order valence-corrected chi connectivity index (χ1v) is 11.9. The van der Waals surface area contributed by atoms with Crippen molar-refractivity contribution in [3.63, 3.8) is 0 Å². The molecule has 0 saturated carbocycles. The molecule has 5 atom stereocenters. The smallest absolute Gasteiger partial charge is 0.465 e. The molecule has 12 heteroatoms. The van der Waals surface area contributed by atoms with E-state index in [9.17, 15) is 18.9 Å². The second-order valence-corrected chi connectivity index (χ2v) is 11.2. The number of nitrogens with two attached hydrogens (primary N) is 1. The van der Waals surface area contributed by atoms with Gasteiger partial charge in [0.05, 0.1) is 37.2 Å². The third-order valence-electron chi connectivity index (χ3n) is 5.40. The monoisotopic (exact) mass is 474 g/mol. The zero-order chi connectivity index (χ0) is 23.9. The molecule has 0 bridgehead atoms. The van der Waals surface area contributed by atoms with Crippen LogP contribution in [0.2, 0.25) is 0 Å². The van der Waals surface area contributed by atoms with E-state index in [1.165, 1.54) is 17.2 Å². The number of nitrogens with zero attached hydrogens (tertiary/aromatic N) is 1. The number of esters is 1. The van der Waals surface area contributed by atoms with Gasteiger partial charge in [-0.1, -0.05) is 13.8 Å². The van der Waals surface area contributed by atoms with Crippen LogP contribution in [-0.4, -0.2) is 66.4 Å². The number of rotatable bonds is 7. The second kappa shape index (κ2) is 8.96. The maximum absolute atomic E-state index is 13.1. The van der Waals surface area contributed by atoms with Gasteiger partial charge in [0.15, 0.2) is 12.0 Å². The summed E-state index contributed by atoms with van der Waals surface area (Å²) < 4.78 is 40.7. The summed E-state index contributed by atoms with van der Waals surface area (Å²) in [5.41, 5.74) is 4.09. The van der Waals surface area contributed by atoms with E-state index in [-0.39, 0.29) is 37.9 Å². The van der Waals surface area contributed by atoms with Crippen molar-refractivity contribution < 1.29 is 42.0 Å². The molecule has 11 nitrogen and oxygen atoms in total. The fourth-order valence-electron chi connectivity index (χ4n) is 3.49. The van der Waals surface area contributed by atoms with Gasteiger partial charge >= 0.3 is 13.8 Å². The van der Waals surface area contributed by atoms with Gasteiger partial charge in [-0.3, -0.25) is 32.9 Å². The molecule has 3 heterocycles. The highest BCUT2D eigenvalue weighted by Gasteiger charge is 2.60. The highest BCUT2D eigenvalue weighted by Crippen LogP contribution is 2.58. The first kappa shape index (κ1) is 25.0. The lowest BCUT2D eigenvalue weighted by molar-refractivity contribution is -0.157. The summed E-state index contributed by atoms with van der Waals surface area (Å²) in [6.07, 6.45) is -0.265. The Balaban J connectivity index is 1.67. The van der Waals surface area contributed by atoms with Crippen LogP contribution in [0.15, 0.2) is 12.3 Å². The molecule has 0 radical (unpaired) electrons. The molecule has 3 aliphatic heterocycles. The molecular weight excluding hydrogens is 443 g/mol. The highest BCUT2D eigenvalue weighted by atomic mass is 31.2. The molecule has 2 fully saturated rings. The average molecular weight is 474 g/mol. The lowest BCUT2D eigenvalue weighted by Crippen LogP contribution is -2.60. The van der Waals surface area contributed by atoms with E-state index in [1.807, 2.05) is 13.8 Å². The molecule has 0 aromatic rings. The summed E-state index contributed by atoms with van der Waals surface area (Å²) >= 11 is 0. The van der Waals surface area contributed by atoms with Crippen LogP contribution >= 0.6 is 7.82 Å².